The highest BCUT2D eigenvalue weighted by molar-refractivity contribution is 5.76. The Morgan fingerprint density at radius 2 is 0.643 bits per heavy atom. The molecular formula is C79H151NO18. The van der Waals surface area contributed by atoms with Crippen molar-refractivity contribution in [2.24, 2.45) is 0 Å². The number of allylic oxidation sites excluding steroid dienone is 2. The molecular weight excluding hydrogens is 1250 g/mol. The predicted molar refractivity (Wildman–Crippen MR) is 388 cm³/mol. The van der Waals surface area contributed by atoms with Crippen molar-refractivity contribution in [3.05, 3.63) is 12.2 Å². The van der Waals surface area contributed by atoms with Crippen molar-refractivity contribution in [3.63, 3.8) is 0 Å². The lowest BCUT2D eigenvalue weighted by Gasteiger charge is -2.48. The van der Waals surface area contributed by atoms with Gasteiger partial charge in [-0.25, -0.2) is 0 Å². The summed E-state index contributed by atoms with van der Waals surface area (Å²) >= 11 is 0. The number of hydrogen-bond acceptors (Lipinski definition) is 18. The monoisotopic (exact) mass is 1400 g/mol. The van der Waals surface area contributed by atoms with Gasteiger partial charge in [0.1, 0.15) is 73.2 Å². The Hall–Kier alpha value is -1.47. The molecule has 98 heavy (non-hydrogen) atoms. The zero-order valence-electron chi connectivity index (χ0n) is 62.1. The van der Waals surface area contributed by atoms with Gasteiger partial charge in [-0.1, -0.05) is 321 Å². The summed E-state index contributed by atoms with van der Waals surface area (Å²) in [6, 6.07) is -0.882. The first-order valence-corrected chi connectivity index (χ1v) is 40.9. The summed E-state index contributed by atoms with van der Waals surface area (Å²) in [5, 5.41) is 121. The third-order valence-electron chi connectivity index (χ3n) is 20.8. The quantitative estimate of drug-likeness (QED) is 0.0199. The Kier molecular flexibility index (Phi) is 56.3. The van der Waals surface area contributed by atoms with Crippen molar-refractivity contribution >= 4 is 5.91 Å². The highest BCUT2D eigenvalue weighted by Crippen LogP contribution is 2.33. The largest absolute Gasteiger partial charge is 0.394 e. The number of rotatable bonds is 66. The van der Waals surface area contributed by atoms with E-state index in [1.165, 1.54) is 276 Å². The number of aliphatic hydroxyl groups is 11. The molecule has 3 aliphatic heterocycles. The van der Waals surface area contributed by atoms with Gasteiger partial charge in [-0.05, 0) is 38.5 Å². The number of ether oxygens (including phenoxy) is 6. The number of carbonyl (C=O) groups is 1. The molecule has 580 valence electrons. The zero-order chi connectivity index (χ0) is 71.1. The molecule has 1 amide bonds. The van der Waals surface area contributed by atoms with Crippen LogP contribution in [0, 0.1) is 0 Å². The van der Waals surface area contributed by atoms with Gasteiger partial charge in [-0.2, -0.15) is 0 Å². The molecule has 0 aliphatic carbocycles. The molecule has 17 unspecified atom stereocenters. The summed E-state index contributed by atoms with van der Waals surface area (Å²) < 4.78 is 34.4. The van der Waals surface area contributed by atoms with E-state index in [9.17, 15) is 61.0 Å². The van der Waals surface area contributed by atoms with Gasteiger partial charge < -0.3 is 89.9 Å². The van der Waals surface area contributed by atoms with E-state index in [4.69, 9.17) is 28.4 Å². The summed E-state index contributed by atoms with van der Waals surface area (Å²) in [6.45, 7) is 1.83. The number of aliphatic hydroxyl groups excluding tert-OH is 11. The zero-order valence-corrected chi connectivity index (χ0v) is 62.1. The second kappa shape index (κ2) is 60.8. The van der Waals surface area contributed by atoms with Crippen LogP contribution in [0.4, 0.5) is 0 Å². The first kappa shape index (κ1) is 90.7. The van der Waals surface area contributed by atoms with Crippen LogP contribution in [0.2, 0.25) is 0 Å². The van der Waals surface area contributed by atoms with Gasteiger partial charge in [0.25, 0.3) is 0 Å². The number of hydrogen-bond donors (Lipinski definition) is 12. The van der Waals surface area contributed by atoms with E-state index in [0.29, 0.717) is 12.8 Å². The minimum Gasteiger partial charge on any atom is -0.394 e. The molecule has 17 atom stereocenters. The van der Waals surface area contributed by atoms with Crippen molar-refractivity contribution in [3.8, 4) is 0 Å². The lowest BCUT2D eigenvalue weighted by Crippen LogP contribution is -2.66. The molecule has 0 aromatic rings. The topological polar surface area (TPSA) is 307 Å². The van der Waals surface area contributed by atoms with Crippen molar-refractivity contribution in [1.29, 1.82) is 0 Å². The standard InChI is InChI=1S/C79H151NO18/c1-3-5-7-9-11-13-15-17-18-19-20-21-22-23-24-25-26-27-28-29-30-31-32-33-34-35-36-37-38-39-40-41-42-43-44-45-47-49-51-53-55-57-67(85)80-62(63(84)56-54-52-50-48-46-16-14-12-10-8-6-4-2)61-93-77-73(91)70(88)75(65(59-82)95-77)98-79-74(92)71(89)76(66(60-83)96-79)97-78-72(90)69(87)68(86)64(58-81)94-78/h19-20,62-66,68-79,81-84,86-92H,3-18,21-61H2,1-2H3,(H,80,85)/b20-19-. The Bertz CT molecular complexity index is 1820. The third kappa shape index (κ3) is 40.7. The molecule has 0 spiro atoms. The molecule has 0 bridgehead atoms. The second-order valence-electron chi connectivity index (χ2n) is 29.6. The lowest BCUT2D eigenvalue weighted by atomic mass is 9.96. The van der Waals surface area contributed by atoms with Gasteiger partial charge >= 0.3 is 0 Å². The van der Waals surface area contributed by atoms with E-state index >= 15 is 0 Å². The minimum absolute atomic E-state index is 0.236. The molecule has 3 rings (SSSR count). The van der Waals surface area contributed by atoms with Gasteiger partial charge in [0.2, 0.25) is 5.91 Å². The van der Waals surface area contributed by atoms with Gasteiger partial charge in [0.15, 0.2) is 18.9 Å². The first-order valence-electron chi connectivity index (χ1n) is 40.9. The maximum Gasteiger partial charge on any atom is 0.220 e. The fraction of sp³-hybridized carbons (Fsp3) is 0.962. The highest BCUT2D eigenvalue weighted by atomic mass is 16.8. The second-order valence-corrected chi connectivity index (χ2v) is 29.6. The van der Waals surface area contributed by atoms with Crippen molar-refractivity contribution in [1.82, 2.24) is 5.32 Å². The van der Waals surface area contributed by atoms with Crippen LogP contribution < -0.4 is 5.32 Å². The molecule has 0 aromatic carbocycles. The van der Waals surface area contributed by atoms with Gasteiger partial charge in [0.05, 0.1) is 38.6 Å². The highest BCUT2D eigenvalue weighted by Gasteiger charge is 2.54. The van der Waals surface area contributed by atoms with Crippen LogP contribution in [-0.2, 0) is 33.2 Å². The molecule has 3 heterocycles. The van der Waals surface area contributed by atoms with E-state index in [-0.39, 0.29) is 18.9 Å². The van der Waals surface area contributed by atoms with Crippen LogP contribution >= 0.6 is 0 Å². The van der Waals surface area contributed by atoms with E-state index in [0.717, 1.165) is 44.9 Å². The van der Waals surface area contributed by atoms with E-state index in [1.54, 1.807) is 0 Å². The van der Waals surface area contributed by atoms with Crippen molar-refractivity contribution < 1.29 is 89.4 Å². The van der Waals surface area contributed by atoms with E-state index in [2.05, 4.69) is 31.3 Å². The maximum atomic E-state index is 13.4. The third-order valence-corrected chi connectivity index (χ3v) is 20.8. The Morgan fingerprint density at radius 1 is 0.357 bits per heavy atom. The molecule has 0 saturated carbocycles. The molecule has 19 heteroatoms. The molecule has 3 aliphatic rings. The summed E-state index contributed by atoms with van der Waals surface area (Å²) in [4.78, 5) is 13.4. The number of unbranched alkanes of at least 4 members (excludes halogenated alkanes) is 48. The Morgan fingerprint density at radius 3 is 0.990 bits per heavy atom. The van der Waals surface area contributed by atoms with Crippen LogP contribution in [0.15, 0.2) is 12.2 Å². The average molecular weight is 1400 g/mol. The molecule has 3 fully saturated rings. The van der Waals surface area contributed by atoms with Crippen molar-refractivity contribution in [2.75, 3.05) is 26.4 Å². The van der Waals surface area contributed by atoms with Crippen LogP contribution in [0.5, 0.6) is 0 Å². The number of nitrogens with one attached hydrogen (secondary N) is 1. The van der Waals surface area contributed by atoms with Crippen LogP contribution in [0.1, 0.15) is 354 Å². The maximum absolute atomic E-state index is 13.4. The SMILES string of the molecule is CCCCCCCCCC/C=C\CCCCCCCCCCCCCCCCCCCCCCCCCCCCCCCC(=O)NC(COC1OC(CO)C(OC2OC(CO)C(OC3OC(CO)C(O)C(O)C3O)C(O)C2O)C(O)C1O)C(O)CCCCCCCCCCCCCC. The molecule has 0 radical (unpaired) electrons. The molecule has 3 saturated heterocycles. The average Bonchev–Trinajstić information content (AvgIpc) is 0.785. The van der Waals surface area contributed by atoms with E-state index in [1.807, 2.05) is 0 Å². The number of amides is 1. The minimum atomic E-state index is -1.97. The first-order chi connectivity index (χ1) is 47.8. The molecule has 0 aromatic heterocycles. The normalized spacial score (nSPS) is 26.7. The summed E-state index contributed by atoms with van der Waals surface area (Å²) in [5.41, 5.74) is 0. The summed E-state index contributed by atoms with van der Waals surface area (Å²) in [7, 11) is 0. The fourth-order valence-electron chi connectivity index (χ4n) is 14.3. The van der Waals surface area contributed by atoms with Crippen LogP contribution in [-0.4, -0.2) is 193 Å². The van der Waals surface area contributed by atoms with Gasteiger partial charge in [-0.15, -0.1) is 0 Å². The lowest BCUT2D eigenvalue weighted by molar-refractivity contribution is -0.379. The Labute approximate surface area is 595 Å². The van der Waals surface area contributed by atoms with E-state index < -0.39 is 124 Å². The summed E-state index contributed by atoms with van der Waals surface area (Å²) in [6.07, 6.45) is 45.0. The smallest absolute Gasteiger partial charge is 0.220 e. The number of carbonyl (C=O) groups excluding carboxylic acids is 1. The van der Waals surface area contributed by atoms with Crippen LogP contribution in [0.3, 0.4) is 0 Å². The summed E-state index contributed by atoms with van der Waals surface area (Å²) in [5.74, 6) is -0.236. The molecule has 19 nitrogen and oxygen atoms in total. The predicted octanol–water partition coefficient (Wildman–Crippen LogP) is 13.6. The van der Waals surface area contributed by atoms with Gasteiger partial charge in [-0.3, -0.25) is 4.79 Å². The van der Waals surface area contributed by atoms with Gasteiger partial charge in [0, 0.05) is 6.42 Å². The van der Waals surface area contributed by atoms with Crippen molar-refractivity contribution in [2.45, 2.75) is 458 Å². The Balaban J connectivity index is 1.24. The fourth-order valence-corrected chi connectivity index (χ4v) is 14.3. The van der Waals surface area contributed by atoms with Crippen LogP contribution in [0.25, 0.3) is 0 Å². The molecule has 12 N–H and O–H groups in total.